The van der Waals surface area contributed by atoms with Crippen molar-refractivity contribution in [2.24, 2.45) is 0 Å². The van der Waals surface area contributed by atoms with E-state index in [1.807, 2.05) is 30.3 Å². The van der Waals surface area contributed by atoms with Crippen LogP contribution in [0.25, 0.3) is 0 Å². The summed E-state index contributed by atoms with van der Waals surface area (Å²) in [6.45, 7) is 1.41. The van der Waals surface area contributed by atoms with E-state index in [9.17, 15) is 5.26 Å². The zero-order chi connectivity index (χ0) is 20.2. The van der Waals surface area contributed by atoms with Crippen LogP contribution in [0.3, 0.4) is 0 Å². The summed E-state index contributed by atoms with van der Waals surface area (Å²) in [5.41, 5.74) is 3.60. The van der Waals surface area contributed by atoms with E-state index < -0.39 is 0 Å². The van der Waals surface area contributed by atoms with Crippen LogP contribution in [0.5, 0.6) is 11.5 Å². The predicted molar refractivity (Wildman–Crippen MR) is 109 cm³/mol. The third-order valence-electron chi connectivity index (χ3n) is 4.86. The maximum atomic E-state index is 9.26. The first-order valence-electron chi connectivity index (χ1n) is 9.16. The molecule has 1 aromatic heterocycles. The third kappa shape index (κ3) is 3.75. The monoisotopic (exact) mass is 388 g/mol. The molecular weight excluding hydrogens is 368 g/mol. The van der Waals surface area contributed by atoms with Crippen molar-refractivity contribution < 1.29 is 9.47 Å². The lowest BCUT2D eigenvalue weighted by molar-refractivity contribution is 0.353. The van der Waals surface area contributed by atoms with Crippen molar-refractivity contribution in [3.05, 3.63) is 59.3 Å². The fourth-order valence-electron chi connectivity index (χ4n) is 3.37. The molecule has 2 aromatic carbocycles. The van der Waals surface area contributed by atoms with Gasteiger partial charge in [0, 0.05) is 13.1 Å². The molecule has 0 aliphatic carbocycles. The summed E-state index contributed by atoms with van der Waals surface area (Å²) in [5, 5.41) is 20.7. The average molecular weight is 388 g/mol. The highest BCUT2D eigenvalue weighted by Gasteiger charge is 2.22. The lowest BCUT2D eigenvalue weighted by Gasteiger charge is -2.29. The van der Waals surface area contributed by atoms with Crippen molar-refractivity contribution in [2.45, 2.75) is 13.0 Å². The number of para-hydroxylation sites is 1. The minimum Gasteiger partial charge on any atom is -0.493 e. The molecule has 1 aliphatic rings. The molecule has 0 spiro atoms. The molecule has 0 bridgehead atoms. The standard InChI is InChI=1S/C21H20N6O2/c1-28-18-9-14-7-8-27(13-16(14)10-19(18)29-2)21-25-20(12-23-26-21)24-17-6-4-3-5-15(17)11-22/h3-6,9-10,12H,7-8,13H2,1-2H3,(H,24,25,26). The first-order chi connectivity index (χ1) is 14.2. The average Bonchev–Trinajstić information content (AvgIpc) is 2.78. The summed E-state index contributed by atoms with van der Waals surface area (Å²) >= 11 is 0. The van der Waals surface area contributed by atoms with Crippen LogP contribution in [0.2, 0.25) is 0 Å². The molecule has 29 heavy (non-hydrogen) atoms. The molecule has 146 valence electrons. The van der Waals surface area contributed by atoms with Crippen LogP contribution < -0.4 is 19.7 Å². The quantitative estimate of drug-likeness (QED) is 0.712. The lowest BCUT2D eigenvalue weighted by Crippen LogP contribution is -2.32. The summed E-state index contributed by atoms with van der Waals surface area (Å²) in [6.07, 6.45) is 2.39. The van der Waals surface area contributed by atoms with E-state index in [0.717, 1.165) is 24.3 Å². The zero-order valence-electron chi connectivity index (χ0n) is 16.2. The maximum Gasteiger partial charge on any atom is 0.247 e. The number of hydrogen-bond donors (Lipinski definition) is 1. The van der Waals surface area contributed by atoms with Gasteiger partial charge in [-0.3, -0.25) is 0 Å². The van der Waals surface area contributed by atoms with Crippen LogP contribution >= 0.6 is 0 Å². The molecule has 0 saturated carbocycles. The summed E-state index contributed by atoms with van der Waals surface area (Å²) in [5.74, 6) is 2.51. The number of benzene rings is 2. The Bertz CT molecular complexity index is 1080. The fourth-order valence-corrected chi connectivity index (χ4v) is 3.37. The van der Waals surface area contributed by atoms with E-state index in [4.69, 9.17) is 9.47 Å². The second kappa shape index (κ2) is 8.02. The SMILES string of the molecule is COc1cc2c(cc1OC)CN(c1nncc(Nc3ccccc3C#N)n1)CC2. The molecule has 0 saturated heterocycles. The number of rotatable bonds is 5. The highest BCUT2D eigenvalue weighted by molar-refractivity contribution is 5.64. The van der Waals surface area contributed by atoms with Crippen LogP contribution in [-0.4, -0.2) is 35.9 Å². The highest BCUT2D eigenvalue weighted by atomic mass is 16.5. The van der Waals surface area contributed by atoms with Crippen molar-refractivity contribution in [1.82, 2.24) is 15.2 Å². The largest absolute Gasteiger partial charge is 0.493 e. The molecule has 8 heteroatoms. The van der Waals surface area contributed by atoms with Gasteiger partial charge in [0.2, 0.25) is 5.95 Å². The van der Waals surface area contributed by atoms with Crippen LogP contribution in [0.4, 0.5) is 17.5 Å². The van der Waals surface area contributed by atoms with E-state index in [1.165, 1.54) is 5.56 Å². The number of fused-ring (bicyclic) bond motifs is 1. The van der Waals surface area contributed by atoms with Crippen molar-refractivity contribution in [1.29, 1.82) is 5.26 Å². The van der Waals surface area contributed by atoms with Crippen molar-refractivity contribution in [2.75, 3.05) is 31.0 Å². The van der Waals surface area contributed by atoms with E-state index in [1.54, 1.807) is 26.5 Å². The molecule has 0 atom stereocenters. The van der Waals surface area contributed by atoms with Gasteiger partial charge in [-0.1, -0.05) is 12.1 Å². The van der Waals surface area contributed by atoms with Gasteiger partial charge in [0.25, 0.3) is 0 Å². The van der Waals surface area contributed by atoms with Crippen LogP contribution in [0.1, 0.15) is 16.7 Å². The molecule has 0 fully saturated rings. The normalized spacial score (nSPS) is 12.7. The second-order valence-corrected chi connectivity index (χ2v) is 6.57. The molecule has 4 rings (SSSR count). The first-order valence-corrected chi connectivity index (χ1v) is 9.16. The molecule has 1 aliphatic heterocycles. The summed E-state index contributed by atoms with van der Waals surface area (Å²) in [6, 6.07) is 13.5. The van der Waals surface area contributed by atoms with Crippen LogP contribution in [0, 0.1) is 11.3 Å². The van der Waals surface area contributed by atoms with Gasteiger partial charge in [-0.05, 0) is 41.8 Å². The lowest BCUT2D eigenvalue weighted by atomic mass is 9.99. The molecule has 3 aromatic rings. The Labute approximate surface area is 168 Å². The molecule has 2 heterocycles. The van der Waals surface area contributed by atoms with Gasteiger partial charge in [-0.25, -0.2) is 0 Å². The Hall–Kier alpha value is -3.86. The summed E-state index contributed by atoms with van der Waals surface area (Å²) < 4.78 is 10.8. The highest BCUT2D eigenvalue weighted by Crippen LogP contribution is 2.34. The van der Waals surface area contributed by atoms with Crippen LogP contribution in [-0.2, 0) is 13.0 Å². The smallest absolute Gasteiger partial charge is 0.247 e. The van der Waals surface area contributed by atoms with Crippen LogP contribution in [0.15, 0.2) is 42.6 Å². The van der Waals surface area contributed by atoms with Gasteiger partial charge in [0.1, 0.15) is 6.07 Å². The number of nitrogens with zero attached hydrogens (tertiary/aromatic N) is 5. The number of aromatic nitrogens is 3. The molecule has 0 amide bonds. The summed E-state index contributed by atoms with van der Waals surface area (Å²) in [7, 11) is 3.27. The van der Waals surface area contributed by atoms with E-state index in [2.05, 4.69) is 31.5 Å². The number of nitrogens with one attached hydrogen (secondary N) is 1. The van der Waals surface area contributed by atoms with E-state index in [-0.39, 0.29) is 0 Å². The first kappa shape index (κ1) is 18.5. The fraction of sp³-hybridized carbons (Fsp3) is 0.238. The van der Waals surface area contributed by atoms with Gasteiger partial charge in [0.15, 0.2) is 17.3 Å². The minimum absolute atomic E-state index is 0.532. The number of methoxy groups -OCH3 is 2. The molecule has 0 unspecified atom stereocenters. The van der Waals surface area contributed by atoms with Gasteiger partial charge in [-0.15, -0.1) is 5.10 Å². The predicted octanol–water partition coefficient (Wildman–Crippen LogP) is 3.07. The Morgan fingerprint density at radius 1 is 1.10 bits per heavy atom. The van der Waals surface area contributed by atoms with Crippen molar-refractivity contribution in [3.63, 3.8) is 0 Å². The zero-order valence-corrected chi connectivity index (χ0v) is 16.2. The van der Waals surface area contributed by atoms with Gasteiger partial charge in [0.05, 0.1) is 31.7 Å². The van der Waals surface area contributed by atoms with E-state index >= 15 is 0 Å². The van der Waals surface area contributed by atoms with Gasteiger partial charge < -0.3 is 19.7 Å². The molecule has 8 nitrogen and oxygen atoms in total. The number of ether oxygens (including phenoxy) is 2. The van der Waals surface area contributed by atoms with Crippen molar-refractivity contribution in [3.8, 4) is 17.6 Å². The van der Waals surface area contributed by atoms with Gasteiger partial charge >= 0.3 is 0 Å². The molecule has 1 N–H and O–H groups in total. The summed E-state index contributed by atoms with van der Waals surface area (Å²) in [4.78, 5) is 6.66. The van der Waals surface area contributed by atoms with Crippen molar-refractivity contribution >= 4 is 17.5 Å². The number of hydrogen-bond acceptors (Lipinski definition) is 8. The Morgan fingerprint density at radius 3 is 2.62 bits per heavy atom. The Balaban J connectivity index is 1.57. The van der Waals surface area contributed by atoms with E-state index in [0.29, 0.717) is 35.3 Å². The minimum atomic E-state index is 0.532. The second-order valence-electron chi connectivity index (χ2n) is 6.57. The van der Waals surface area contributed by atoms with Gasteiger partial charge in [-0.2, -0.15) is 15.3 Å². The number of nitriles is 1. The Morgan fingerprint density at radius 2 is 1.86 bits per heavy atom. The third-order valence-corrected chi connectivity index (χ3v) is 4.86. The maximum absolute atomic E-state index is 9.26. The Kier molecular flexibility index (Phi) is 5.12. The molecule has 0 radical (unpaired) electrons. The number of anilines is 3. The topological polar surface area (TPSA) is 96.2 Å². The molecular formula is C21H20N6O2.